The Balaban J connectivity index is 0.000000284. The molecule has 0 radical (unpaired) electrons. The van der Waals surface area contributed by atoms with Gasteiger partial charge in [-0.25, -0.2) is 4.79 Å². The second kappa shape index (κ2) is 24.9. The van der Waals surface area contributed by atoms with Gasteiger partial charge in [-0.05, 0) is 127 Å². The number of carbonyl (C=O) groups excluding carboxylic acids is 2. The number of nitrogens with zero attached hydrogens (tertiary/aromatic N) is 2. The lowest BCUT2D eigenvalue weighted by Crippen LogP contribution is -2.53. The first-order valence-corrected chi connectivity index (χ1v) is 19.9. The van der Waals surface area contributed by atoms with Crippen molar-refractivity contribution in [3.8, 4) is 0 Å². The number of ether oxygens (including phenoxy) is 3. The van der Waals surface area contributed by atoms with Crippen LogP contribution in [0.2, 0.25) is 10.0 Å². The summed E-state index contributed by atoms with van der Waals surface area (Å²) in [4.78, 5) is 26.8. The van der Waals surface area contributed by atoms with E-state index < -0.39 is 5.60 Å². The minimum absolute atomic E-state index is 0. The molecule has 0 aliphatic carbocycles. The van der Waals surface area contributed by atoms with Gasteiger partial charge in [-0.2, -0.15) is 0 Å². The Morgan fingerprint density at radius 1 is 0.759 bits per heavy atom. The van der Waals surface area contributed by atoms with Gasteiger partial charge in [0.05, 0.1) is 12.2 Å². The van der Waals surface area contributed by atoms with E-state index in [4.69, 9.17) is 37.4 Å². The molecule has 13 heteroatoms. The van der Waals surface area contributed by atoms with Crippen molar-refractivity contribution in [1.29, 1.82) is 0 Å². The third kappa shape index (κ3) is 17.2. The highest BCUT2D eigenvalue weighted by Gasteiger charge is 2.33. The first-order valence-electron chi connectivity index (χ1n) is 19.2. The summed E-state index contributed by atoms with van der Waals surface area (Å²) in [6.45, 7) is 11.0. The van der Waals surface area contributed by atoms with Crippen LogP contribution in [0.5, 0.6) is 0 Å². The number of likely N-dealkylation sites (tertiary alicyclic amines) is 2. The lowest BCUT2D eigenvalue weighted by atomic mass is 9.90. The molecule has 4 fully saturated rings. The monoisotopic (exact) mass is 832 g/mol. The van der Waals surface area contributed by atoms with Crippen molar-refractivity contribution >= 4 is 59.9 Å². The summed E-state index contributed by atoms with van der Waals surface area (Å²) in [5, 5.41) is 8.63. The fourth-order valence-electron chi connectivity index (χ4n) is 7.47. The molecule has 9 nitrogen and oxygen atoms in total. The van der Waals surface area contributed by atoms with E-state index in [-0.39, 0.29) is 36.7 Å². The van der Waals surface area contributed by atoms with E-state index in [0.29, 0.717) is 50.2 Å². The van der Waals surface area contributed by atoms with Gasteiger partial charge in [-0.1, -0.05) is 47.5 Å². The third-order valence-electron chi connectivity index (χ3n) is 10.4. The van der Waals surface area contributed by atoms with Gasteiger partial charge >= 0.3 is 6.09 Å². The Kier molecular flexibility index (Phi) is 22.3. The number of carbonyl (C=O) groups is 2. The summed E-state index contributed by atoms with van der Waals surface area (Å²) in [7, 11) is 3.65. The lowest BCUT2D eigenvalue weighted by molar-refractivity contribution is -0.121. The molecule has 2 N–H and O–H groups in total. The number of hydrogen-bond acceptors (Lipinski definition) is 8. The molecular weight excluding hydrogens is 770 g/mol. The number of nitrogens with one attached hydrogen (secondary N) is 2. The largest absolute Gasteiger partial charge is 0.444 e. The molecule has 4 heterocycles. The summed E-state index contributed by atoms with van der Waals surface area (Å²) < 4.78 is 16.3. The van der Waals surface area contributed by atoms with Crippen molar-refractivity contribution < 1.29 is 23.8 Å². The molecule has 1 amide bonds. The van der Waals surface area contributed by atoms with Gasteiger partial charge in [0.1, 0.15) is 11.4 Å². The molecule has 2 aromatic rings. The van der Waals surface area contributed by atoms with Crippen LogP contribution in [-0.2, 0) is 31.8 Å². The van der Waals surface area contributed by atoms with Gasteiger partial charge in [-0.3, -0.25) is 9.69 Å². The van der Waals surface area contributed by atoms with E-state index in [0.717, 1.165) is 74.2 Å². The molecule has 0 bridgehead atoms. The Morgan fingerprint density at radius 3 is 1.83 bits per heavy atom. The summed E-state index contributed by atoms with van der Waals surface area (Å²) in [6.07, 6.45) is 10.6. The van der Waals surface area contributed by atoms with Gasteiger partial charge in [0, 0.05) is 74.9 Å². The number of ketones is 1. The normalized spacial score (nSPS) is 23.7. The second-order valence-corrected chi connectivity index (χ2v) is 16.3. The highest BCUT2D eigenvalue weighted by Crippen LogP contribution is 2.28. The molecule has 4 aliphatic rings. The van der Waals surface area contributed by atoms with E-state index in [2.05, 4.69) is 39.8 Å². The van der Waals surface area contributed by atoms with Gasteiger partial charge in [0.25, 0.3) is 0 Å². The zero-order valence-corrected chi connectivity index (χ0v) is 36.0. The third-order valence-corrected chi connectivity index (χ3v) is 10.9. The molecule has 306 valence electrons. The minimum Gasteiger partial charge on any atom is -0.444 e. The van der Waals surface area contributed by atoms with Gasteiger partial charge in [0.2, 0.25) is 0 Å². The number of Topliss-reactive ketones (excluding diaryl/α,β-unsaturated/α-hetero) is 1. The Hall–Kier alpha value is -1.66. The number of halogens is 4. The maximum absolute atomic E-state index is 11.5. The smallest absolute Gasteiger partial charge is 0.410 e. The van der Waals surface area contributed by atoms with E-state index in [1.165, 1.54) is 30.5 Å². The average Bonchev–Trinajstić information content (AvgIpc) is 3.14. The predicted octanol–water partition coefficient (Wildman–Crippen LogP) is 8.19. The van der Waals surface area contributed by atoms with Crippen molar-refractivity contribution in [2.75, 3.05) is 53.5 Å². The summed E-state index contributed by atoms with van der Waals surface area (Å²) >= 11 is 11.9. The van der Waals surface area contributed by atoms with Crippen molar-refractivity contribution in [2.45, 2.75) is 121 Å². The fraction of sp³-hybridized carbons (Fsp3) is 0.659. The molecule has 4 atom stereocenters. The van der Waals surface area contributed by atoms with Crippen LogP contribution in [0.15, 0.2) is 48.5 Å². The number of piperidine rings is 4. The zero-order valence-electron chi connectivity index (χ0n) is 32.8. The Morgan fingerprint density at radius 2 is 1.30 bits per heavy atom. The highest BCUT2D eigenvalue weighted by molar-refractivity contribution is 6.30. The molecule has 4 saturated heterocycles. The topological polar surface area (TPSA) is 92.4 Å². The van der Waals surface area contributed by atoms with Crippen molar-refractivity contribution in [1.82, 2.24) is 20.4 Å². The lowest BCUT2D eigenvalue weighted by Gasteiger charge is -2.45. The van der Waals surface area contributed by atoms with Crippen molar-refractivity contribution in [3.63, 3.8) is 0 Å². The van der Waals surface area contributed by atoms with Crippen LogP contribution in [0.25, 0.3) is 0 Å². The predicted molar refractivity (Wildman–Crippen MR) is 225 cm³/mol. The fourth-order valence-corrected chi connectivity index (χ4v) is 7.72. The molecule has 0 aromatic heterocycles. The van der Waals surface area contributed by atoms with Crippen molar-refractivity contribution in [3.05, 3.63) is 69.7 Å². The molecule has 2 aromatic carbocycles. The molecule has 0 spiro atoms. The summed E-state index contributed by atoms with van der Waals surface area (Å²) in [5.41, 5.74) is 2.25. The van der Waals surface area contributed by atoms with Crippen LogP contribution in [0, 0.1) is 0 Å². The SMILES string of the molecule is CC(C)(C)OC(=O)N1CCC(=O)CC1.CO[C@@H]1CCN(C2CCNCC2)[C@@H](Cc2ccc(Cl)cc2)C1.CO[C@@H]1CCNC(Cc2ccc(Cl)cc2)C1.Cl.Cl. The molecule has 4 aliphatic heterocycles. The maximum Gasteiger partial charge on any atom is 0.410 e. The van der Waals surface area contributed by atoms with Crippen LogP contribution in [0.4, 0.5) is 4.79 Å². The average molecular weight is 835 g/mol. The van der Waals surface area contributed by atoms with Crippen LogP contribution < -0.4 is 10.6 Å². The summed E-state index contributed by atoms with van der Waals surface area (Å²) in [6, 6.07) is 18.3. The first-order chi connectivity index (χ1) is 24.9. The van der Waals surface area contributed by atoms with Crippen LogP contribution in [0.3, 0.4) is 0 Å². The molecular formula is C41H64Cl4N4O5. The number of amides is 1. The van der Waals surface area contributed by atoms with Crippen molar-refractivity contribution in [2.24, 2.45) is 0 Å². The van der Waals surface area contributed by atoms with Crippen LogP contribution >= 0.6 is 48.0 Å². The number of rotatable bonds is 7. The standard InChI is InChI=1S/C18H27ClN2O.C13H18ClNO.C10H17NO3.2ClH/c1-22-18-8-11-21(16-6-9-20-10-7-16)17(13-18)12-14-2-4-15(19)5-3-14;1-16-13-6-7-15-12(9-13)8-10-2-4-11(14)5-3-10;1-10(2,3)14-9(13)11-6-4-8(12)5-7-11;;/h2-5,16-18,20H,6-13H2,1H3;2-5,12-13,15H,6-9H2,1H3;4-7H2,1-3H3;2*1H/t17-,18+;12?,13-;;;/m01.../s1. The maximum atomic E-state index is 11.5. The van der Waals surface area contributed by atoms with Crippen LogP contribution in [0.1, 0.15) is 83.3 Å². The summed E-state index contributed by atoms with van der Waals surface area (Å²) in [5.74, 6) is 0.227. The molecule has 54 heavy (non-hydrogen) atoms. The van der Waals surface area contributed by atoms with E-state index >= 15 is 0 Å². The Bertz CT molecular complexity index is 1350. The minimum atomic E-state index is -0.460. The van der Waals surface area contributed by atoms with Gasteiger partial charge in [-0.15, -0.1) is 24.8 Å². The quantitative estimate of drug-likeness (QED) is 0.289. The number of hydrogen-bond donors (Lipinski definition) is 2. The zero-order chi connectivity index (χ0) is 37.5. The van der Waals surface area contributed by atoms with E-state index in [9.17, 15) is 9.59 Å². The highest BCUT2D eigenvalue weighted by atomic mass is 35.5. The number of methoxy groups -OCH3 is 2. The molecule has 6 rings (SSSR count). The molecule has 1 unspecified atom stereocenters. The Labute approximate surface area is 346 Å². The first kappa shape index (κ1) is 48.5. The van der Waals surface area contributed by atoms with E-state index in [1.54, 1.807) is 12.0 Å². The van der Waals surface area contributed by atoms with E-state index in [1.807, 2.05) is 52.1 Å². The molecule has 0 saturated carbocycles. The van der Waals surface area contributed by atoms with Gasteiger partial charge in [0.15, 0.2) is 0 Å². The van der Waals surface area contributed by atoms with Gasteiger partial charge < -0.3 is 29.7 Å². The second-order valence-electron chi connectivity index (χ2n) is 15.5. The number of benzene rings is 2. The van der Waals surface area contributed by atoms with Crippen LogP contribution in [-0.4, -0.2) is 111 Å².